The Balaban J connectivity index is 2.82. The average molecular weight is 193 g/mol. The second-order valence-electron chi connectivity index (χ2n) is 2.54. The van der Waals surface area contributed by atoms with E-state index in [0.29, 0.717) is 0 Å². The highest BCUT2D eigenvalue weighted by Crippen LogP contribution is 2.13. The Kier molecular flexibility index (Phi) is 3.36. The first kappa shape index (κ1) is 9.63. The summed E-state index contributed by atoms with van der Waals surface area (Å²) in [6.07, 6.45) is 1.58. The Morgan fingerprint density at radius 1 is 1.46 bits per heavy atom. The normalized spacial score (nSPS) is 10.7. The molecule has 2 nitrogen and oxygen atoms in total. The van der Waals surface area contributed by atoms with Crippen molar-refractivity contribution < 1.29 is 0 Å². The highest BCUT2D eigenvalue weighted by molar-refractivity contribution is 6.31. The molecule has 0 radical (unpaired) electrons. The smallest absolute Gasteiger partial charge is 0.134 e. The first-order chi connectivity index (χ1) is 6.24. The van der Waals surface area contributed by atoms with Gasteiger partial charge in [0.15, 0.2) is 0 Å². The van der Waals surface area contributed by atoms with Gasteiger partial charge in [-0.3, -0.25) is 0 Å². The number of nitrogens with zero attached hydrogens (tertiary/aromatic N) is 2. The van der Waals surface area contributed by atoms with Gasteiger partial charge in [0, 0.05) is 18.9 Å². The molecule has 0 saturated carbocycles. The number of benzene rings is 1. The molecule has 1 aromatic carbocycles. The number of hydrogen-bond acceptors (Lipinski definition) is 2. The molecule has 0 unspecified atom stereocenters. The van der Waals surface area contributed by atoms with E-state index in [4.69, 9.17) is 16.9 Å². The van der Waals surface area contributed by atoms with E-state index in [0.717, 1.165) is 5.69 Å². The van der Waals surface area contributed by atoms with E-state index in [1.165, 1.54) is 0 Å². The average Bonchev–Trinajstić information content (AvgIpc) is 2.19. The van der Waals surface area contributed by atoms with E-state index in [2.05, 4.69) is 0 Å². The lowest BCUT2D eigenvalue weighted by molar-refractivity contribution is 1.20. The number of para-hydroxylation sites is 1. The number of anilines is 1. The molecule has 0 saturated heterocycles. The zero-order chi connectivity index (χ0) is 9.68. The summed E-state index contributed by atoms with van der Waals surface area (Å²) in [7, 11) is 1.84. The summed E-state index contributed by atoms with van der Waals surface area (Å²) >= 11 is 5.57. The molecule has 1 aromatic rings. The van der Waals surface area contributed by atoms with E-state index in [-0.39, 0.29) is 5.03 Å². The van der Waals surface area contributed by atoms with Crippen LogP contribution < -0.4 is 4.90 Å². The fourth-order valence-electron chi connectivity index (χ4n) is 0.937. The minimum atomic E-state index is 0.173. The molecular weight excluding hydrogens is 184 g/mol. The Hall–Kier alpha value is -1.46. The van der Waals surface area contributed by atoms with Crippen molar-refractivity contribution in [3.05, 3.63) is 41.6 Å². The predicted molar refractivity (Wildman–Crippen MR) is 54.4 cm³/mol. The Labute approximate surface area is 82.7 Å². The highest BCUT2D eigenvalue weighted by Gasteiger charge is 1.96. The lowest BCUT2D eigenvalue weighted by Crippen LogP contribution is -2.07. The van der Waals surface area contributed by atoms with Crippen molar-refractivity contribution in [3.63, 3.8) is 0 Å². The van der Waals surface area contributed by atoms with Crippen LogP contribution in [0.3, 0.4) is 0 Å². The molecular formula is C10H9ClN2. The minimum Gasteiger partial charge on any atom is -0.349 e. The van der Waals surface area contributed by atoms with Crippen molar-refractivity contribution in [2.24, 2.45) is 0 Å². The SMILES string of the molecule is CN(/C=C(\Cl)C#N)c1ccccc1. The molecule has 0 fully saturated rings. The van der Waals surface area contributed by atoms with Crippen molar-refractivity contribution in [2.45, 2.75) is 0 Å². The fourth-order valence-corrected chi connectivity index (χ4v) is 1.08. The number of rotatable bonds is 2. The van der Waals surface area contributed by atoms with Crippen LogP contribution in [0.2, 0.25) is 0 Å². The Morgan fingerprint density at radius 3 is 2.62 bits per heavy atom. The molecule has 0 atom stereocenters. The van der Waals surface area contributed by atoms with Gasteiger partial charge in [0.2, 0.25) is 0 Å². The molecule has 0 amide bonds. The van der Waals surface area contributed by atoms with Gasteiger partial charge in [0.05, 0.1) is 0 Å². The summed E-state index contributed by atoms with van der Waals surface area (Å²) in [4.78, 5) is 1.80. The standard InChI is InChI=1S/C10H9ClN2/c1-13(8-9(11)7-12)10-5-3-2-4-6-10/h2-6,8H,1H3/b9-8-. The quantitative estimate of drug-likeness (QED) is 0.674. The van der Waals surface area contributed by atoms with E-state index < -0.39 is 0 Å². The number of nitriles is 1. The number of halogens is 1. The van der Waals surface area contributed by atoms with E-state index in [1.54, 1.807) is 11.1 Å². The van der Waals surface area contributed by atoms with Crippen LogP contribution in [0.1, 0.15) is 0 Å². The van der Waals surface area contributed by atoms with Crippen molar-refractivity contribution >= 4 is 17.3 Å². The maximum Gasteiger partial charge on any atom is 0.134 e. The third-order valence-corrected chi connectivity index (χ3v) is 1.76. The first-order valence-electron chi connectivity index (χ1n) is 3.79. The molecule has 13 heavy (non-hydrogen) atoms. The second kappa shape index (κ2) is 4.54. The van der Waals surface area contributed by atoms with Gasteiger partial charge in [-0.25, -0.2) is 0 Å². The summed E-state index contributed by atoms with van der Waals surface area (Å²) in [5.74, 6) is 0. The summed E-state index contributed by atoms with van der Waals surface area (Å²) in [5, 5.41) is 8.63. The van der Waals surface area contributed by atoms with E-state index in [9.17, 15) is 0 Å². The monoisotopic (exact) mass is 192 g/mol. The first-order valence-corrected chi connectivity index (χ1v) is 4.17. The molecule has 0 aliphatic heterocycles. The van der Waals surface area contributed by atoms with Crippen molar-refractivity contribution in [2.75, 3.05) is 11.9 Å². The van der Waals surface area contributed by atoms with Crippen molar-refractivity contribution in [3.8, 4) is 6.07 Å². The highest BCUT2D eigenvalue weighted by atomic mass is 35.5. The fraction of sp³-hybridized carbons (Fsp3) is 0.100. The van der Waals surface area contributed by atoms with Crippen LogP contribution >= 0.6 is 11.6 Å². The Bertz CT molecular complexity index is 338. The van der Waals surface area contributed by atoms with Crippen LogP contribution in [0.4, 0.5) is 5.69 Å². The van der Waals surface area contributed by atoms with Crippen LogP contribution in [0, 0.1) is 11.3 Å². The van der Waals surface area contributed by atoms with Gasteiger partial charge in [0.1, 0.15) is 11.1 Å². The predicted octanol–water partition coefficient (Wildman–Crippen LogP) is 2.73. The molecule has 0 aromatic heterocycles. The molecule has 0 heterocycles. The topological polar surface area (TPSA) is 27.0 Å². The second-order valence-corrected chi connectivity index (χ2v) is 2.94. The third kappa shape index (κ3) is 2.81. The molecule has 0 aliphatic rings. The summed E-state index contributed by atoms with van der Waals surface area (Å²) in [6, 6.07) is 11.5. The molecule has 1 rings (SSSR count). The van der Waals surface area contributed by atoms with Crippen LogP contribution in [-0.4, -0.2) is 7.05 Å². The van der Waals surface area contributed by atoms with Gasteiger partial charge in [-0.1, -0.05) is 29.8 Å². The van der Waals surface area contributed by atoms with Crippen LogP contribution in [0.5, 0.6) is 0 Å². The summed E-state index contributed by atoms with van der Waals surface area (Å²) in [6.45, 7) is 0. The molecule has 3 heteroatoms. The van der Waals surface area contributed by atoms with Gasteiger partial charge in [-0.2, -0.15) is 5.26 Å². The van der Waals surface area contributed by atoms with Crippen LogP contribution in [-0.2, 0) is 0 Å². The lowest BCUT2D eigenvalue weighted by atomic mass is 10.3. The summed E-state index contributed by atoms with van der Waals surface area (Å²) in [5.41, 5.74) is 0.996. The van der Waals surface area contributed by atoms with Gasteiger partial charge in [-0.15, -0.1) is 0 Å². The maximum absolute atomic E-state index is 8.45. The molecule has 0 aliphatic carbocycles. The van der Waals surface area contributed by atoms with Crippen LogP contribution in [0.15, 0.2) is 41.6 Å². The zero-order valence-electron chi connectivity index (χ0n) is 7.24. The molecule has 66 valence electrons. The number of hydrogen-bond donors (Lipinski definition) is 0. The largest absolute Gasteiger partial charge is 0.349 e. The molecule has 0 bridgehead atoms. The maximum atomic E-state index is 8.45. The van der Waals surface area contributed by atoms with Gasteiger partial charge in [-0.05, 0) is 12.1 Å². The van der Waals surface area contributed by atoms with Gasteiger partial charge < -0.3 is 4.90 Å². The van der Waals surface area contributed by atoms with E-state index in [1.807, 2.05) is 43.4 Å². The Morgan fingerprint density at radius 2 is 2.08 bits per heavy atom. The molecule has 0 spiro atoms. The molecule has 0 N–H and O–H groups in total. The number of allylic oxidation sites excluding steroid dienone is 1. The lowest BCUT2D eigenvalue weighted by Gasteiger charge is -2.12. The van der Waals surface area contributed by atoms with Crippen LogP contribution in [0.25, 0.3) is 0 Å². The van der Waals surface area contributed by atoms with Gasteiger partial charge >= 0.3 is 0 Å². The van der Waals surface area contributed by atoms with E-state index >= 15 is 0 Å². The van der Waals surface area contributed by atoms with Crippen molar-refractivity contribution in [1.82, 2.24) is 0 Å². The third-order valence-electron chi connectivity index (χ3n) is 1.58. The zero-order valence-corrected chi connectivity index (χ0v) is 7.99. The van der Waals surface area contributed by atoms with Crippen molar-refractivity contribution in [1.29, 1.82) is 5.26 Å². The minimum absolute atomic E-state index is 0.173. The summed E-state index contributed by atoms with van der Waals surface area (Å²) < 4.78 is 0. The van der Waals surface area contributed by atoms with Gasteiger partial charge in [0.25, 0.3) is 0 Å².